The maximum atomic E-state index is 11.8. The zero-order valence-corrected chi connectivity index (χ0v) is 13.1. The van der Waals surface area contributed by atoms with Crippen LogP contribution in [0.4, 0.5) is 4.79 Å². The molecule has 1 aromatic carbocycles. The van der Waals surface area contributed by atoms with Crippen LogP contribution in [0.3, 0.4) is 0 Å². The van der Waals surface area contributed by atoms with E-state index in [0.29, 0.717) is 10.9 Å². The summed E-state index contributed by atoms with van der Waals surface area (Å²) in [5, 5.41) is 4.92. The minimum absolute atomic E-state index is 0.295. The lowest BCUT2D eigenvalue weighted by Crippen LogP contribution is -2.26. The molecule has 0 atom stereocenters. The zero-order chi connectivity index (χ0) is 15.6. The Morgan fingerprint density at radius 3 is 2.43 bits per heavy atom. The van der Waals surface area contributed by atoms with Gasteiger partial charge >= 0.3 is 6.16 Å². The third kappa shape index (κ3) is 4.23. The fraction of sp³-hybridized carbons (Fsp3) is 0.333. The molecular formula is C15H17ClN2O3. The lowest BCUT2D eigenvalue weighted by Gasteiger charge is -2.18. The van der Waals surface area contributed by atoms with Crippen molar-refractivity contribution in [3.63, 3.8) is 0 Å². The van der Waals surface area contributed by atoms with Gasteiger partial charge in [-0.05, 0) is 52.0 Å². The molecule has 0 amide bonds. The summed E-state index contributed by atoms with van der Waals surface area (Å²) in [6.07, 6.45) is -0.766. The standard InChI is InChI=1S/C15H17ClN2O3/c1-10-9-13(20-14(19)21-15(2,3)4)18(17-10)12-7-5-11(16)6-8-12/h5-9H,1-4H3. The van der Waals surface area contributed by atoms with E-state index in [1.165, 1.54) is 4.68 Å². The first-order valence-electron chi connectivity index (χ1n) is 6.48. The normalized spacial score (nSPS) is 11.3. The van der Waals surface area contributed by atoms with Gasteiger partial charge in [-0.2, -0.15) is 5.10 Å². The molecule has 21 heavy (non-hydrogen) atoms. The Kier molecular flexibility index (Phi) is 4.23. The van der Waals surface area contributed by atoms with E-state index >= 15 is 0 Å². The molecule has 0 aliphatic carbocycles. The van der Waals surface area contributed by atoms with Gasteiger partial charge in [0.25, 0.3) is 0 Å². The second kappa shape index (κ2) is 5.77. The van der Waals surface area contributed by atoms with Crippen molar-refractivity contribution in [1.29, 1.82) is 0 Å². The quantitative estimate of drug-likeness (QED) is 0.782. The molecule has 2 aromatic rings. The topological polar surface area (TPSA) is 53.4 Å². The summed E-state index contributed by atoms with van der Waals surface area (Å²) in [5.41, 5.74) is 0.853. The van der Waals surface area contributed by atoms with E-state index in [1.54, 1.807) is 51.1 Å². The van der Waals surface area contributed by atoms with E-state index < -0.39 is 11.8 Å². The van der Waals surface area contributed by atoms with Crippen LogP contribution in [0.1, 0.15) is 26.5 Å². The van der Waals surface area contributed by atoms with Crippen molar-refractivity contribution in [3.05, 3.63) is 41.0 Å². The van der Waals surface area contributed by atoms with Gasteiger partial charge < -0.3 is 9.47 Å². The molecule has 1 heterocycles. The van der Waals surface area contributed by atoms with E-state index in [-0.39, 0.29) is 0 Å². The van der Waals surface area contributed by atoms with E-state index in [0.717, 1.165) is 11.4 Å². The van der Waals surface area contributed by atoms with Crippen molar-refractivity contribution < 1.29 is 14.3 Å². The van der Waals surface area contributed by atoms with Gasteiger partial charge in [0.1, 0.15) is 5.60 Å². The summed E-state index contributed by atoms with van der Waals surface area (Å²) in [5.74, 6) is 0.295. The van der Waals surface area contributed by atoms with E-state index in [9.17, 15) is 4.79 Å². The summed E-state index contributed by atoms with van der Waals surface area (Å²) in [6, 6.07) is 8.72. The van der Waals surface area contributed by atoms with Gasteiger partial charge in [0.05, 0.1) is 11.4 Å². The Balaban J connectivity index is 2.25. The monoisotopic (exact) mass is 308 g/mol. The lowest BCUT2D eigenvalue weighted by molar-refractivity contribution is 0.0192. The average molecular weight is 309 g/mol. The van der Waals surface area contributed by atoms with Gasteiger partial charge in [-0.1, -0.05) is 11.6 Å². The number of nitrogens with zero attached hydrogens (tertiary/aromatic N) is 2. The van der Waals surface area contributed by atoms with Crippen molar-refractivity contribution in [1.82, 2.24) is 9.78 Å². The Bertz CT molecular complexity index is 642. The van der Waals surface area contributed by atoms with Crippen molar-refractivity contribution in [2.75, 3.05) is 0 Å². The highest BCUT2D eigenvalue weighted by Gasteiger charge is 2.20. The second-order valence-corrected chi connectivity index (χ2v) is 6.02. The van der Waals surface area contributed by atoms with Crippen LogP contribution < -0.4 is 4.74 Å². The van der Waals surface area contributed by atoms with Crippen molar-refractivity contribution in [3.8, 4) is 11.6 Å². The van der Waals surface area contributed by atoms with E-state index in [1.807, 2.05) is 6.92 Å². The van der Waals surface area contributed by atoms with Gasteiger partial charge in [-0.15, -0.1) is 0 Å². The lowest BCUT2D eigenvalue weighted by atomic mass is 10.2. The molecule has 0 saturated carbocycles. The number of carbonyl (C=O) groups excluding carboxylic acids is 1. The van der Waals surface area contributed by atoms with Crippen LogP contribution in [0.15, 0.2) is 30.3 Å². The first-order valence-corrected chi connectivity index (χ1v) is 6.86. The molecule has 0 N–H and O–H groups in total. The molecule has 1 aromatic heterocycles. The number of ether oxygens (including phenoxy) is 2. The van der Waals surface area contributed by atoms with Crippen LogP contribution in [0.2, 0.25) is 5.02 Å². The fourth-order valence-electron chi connectivity index (χ4n) is 1.67. The number of hydrogen-bond acceptors (Lipinski definition) is 4. The highest BCUT2D eigenvalue weighted by Crippen LogP contribution is 2.22. The molecule has 2 rings (SSSR count). The molecule has 6 heteroatoms. The largest absolute Gasteiger partial charge is 0.515 e. The molecule has 0 saturated heterocycles. The molecule has 0 aliphatic heterocycles. The highest BCUT2D eigenvalue weighted by molar-refractivity contribution is 6.30. The number of rotatable bonds is 2. The summed E-state index contributed by atoms with van der Waals surface area (Å²) in [7, 11) is 0. The summed E-state index contributed by atoms with van der Waals surface area (Å²) in [6.45, 7) is 7.14. The molecule has 0 unspecified atom stereocenters. The number of hydrogen-bond donors (Lipinski definition) is 0. The van der Waals surface area contributed by atoms with Crippen molar-refractivity contribution in [2.24, 2.45) is 0 Å². The maximum Gasteiger partial charge on any atom is 0.515 e. The zero-order valence-electron chi connectivity index (χ0n) is 12.4. The Morgan fingerprint density at radius 2 is 1.86 bits per heavy atom. The SMILES string of the molecule is Cc1cc(OC(=O)OC(C)(C)C)n(-c2ccc(Cl)cc2)n1. The van der Waals surface area contributed by atoms with E-state index in [4.69, 9.17) is 21.1 Å². The summed E-state index contributed by atoms with van der Waals surface area (Å²) in [4.78, 5) is 11.8. The van der Waals surface area contributed by atoms with Crippen LogP contribution in [-0.4, -0.2) is 21.5 Å². The molecule has 5 nitrogen and oxygen atoms in total. The van der Waals surface area contributed by atoms with Crippen LogP contribution in [0, 0.1) is 6.92 Å². The number of benzene rings is 1. The predicted molar refractivity (Wildman–Crippen MR) is 80.2 cm³/mol. The fourth-order valence-corrected chi connectivity index (χ4v) is 1.80. The average Bonchev–Trinajstić information content (AvgIpc) is 2.68. The van der Waals surface area contributed by atoms with Gasteiger partial charge in [0.15, 0.2) is 0 Å². The Morgan fingerprint density at radius 1 is 1.24 bits per heavy atom. The minimum atomic E-state index is -0.766. The smallest absolute Gasteiger partial charge is 0.428 e. The Hall–Kier alpha value is -2.01. The molecule has 0 aliphatic rings. The maximum absolute atomic E-state index is 11.8. The first kappa shape index (κ1) is 15.4. The summed E-state index contributed by atoms with van der Waals surface area (Å²) < 4.78 is 11.9. The molecule has 0 fully saturated rings. The third-order valence-corrected chi connectivity index (χ3v) is 2.70. The second-order valence-electron chi connectivity index (χ2n) is 5.58. The molecule has 112 valence electrons. The van der Waals surface area contributed by atoms with E-state index in [2.05, 4.69) is 5.10 Å². The predicted octanol–water partition coefficient (Wildman–Crippen LogP) is 4.15. The highest BCUT2D eigenvalue weighted by atomic mass is 35.5. The number of aromatic nitrogens is 2. The first-order chi connectivity index (χ1) is 9.74. The van der Waals surface area contributed by atoms with Crippen LogP contribution in [0.25, 0.3) is 5.69 Å². The number of carbonyl (C=O) groups is 1. The van der Waals surface area contributed by atoms with Crippen LogP contribution in [0.5, 0.6) is 5.88 Å². The molecule has 0 bridgehead atoms. The Labute approximate surface area is 128 Å². The van der Waals surface area contributed by atoms with Gasteiger partial charge in [-0.3, -0.25) is 0 Å². The number of halogens is 1. The third-order valence-electron chi connectivity index (χ3n) is 2.45. The van der Waals surface area contributed by atoms with Gasteiger partial charge in [0, 0.05) is 11.1 Å². The summed E-state index contributed by atoms with van der Waals surface area (Å²) >= 11 is 5.87. The van der Waals surface area contributed by atoms with Crippen molar-refractivity contribution in [2.45, 2.75) is 33.3 Å². The number of aryl methyl sites for hydroxylation is 1. The van der Waals surface area contributed by atoms with Gasteiger partial charge in [0.2, 0.25) is 5.88 Å². The molecular weight excluding hydrogens is 292 g/mol. The molecule has 0 spiro atoms. The minimum Gasteiger partial charge on any atom is -0.428 e. The van der Waals surface area contributed by atoms with Gasteiger partial charge in [-0.25, -0.2) is 9.48 Å². The molecule has 0 radical (unpaired) electrons. The van der Waals surface area contributed by atoms with Crippen LogP contribution >= 0.6 is 11.6 Å². The van der Waals surface area contributed by atoms with Crippen LogP contribution in [-0.2, 0) is 4.74 Å². The van der Waals surface area contributed by atoms with Crippen molar-refractivity contribution >= 4 is 17.8 Å².